The Morgan fingerprint density at radius 2 is 2.05 bits per heavy atom. The predicted molar refractivity (Wildman–Crippen MR) is 81.0 cm³/mol. The van der Waals surface area contributed by atoms with Crippen molar-refractivity contribution in [3.8, 4) is 5.95 Å². The zero-order valence-electron chi connectivity index (χ0n) is 12.5. The number of nitrogens with two attached hydrogens (primary N) is 1. The molecule has 0 amide bonds. The van der Waals surface area contributed by atoms with Crippen molar-refractivity contribution in [1.82, 2.24) is 29.6 Å². The van der Waals surface area contributed by atoms with Crippen molar-refractivity contribution in [3.63, 3.8) is 0 Å². The van der Waals surface area contributed by atoms with Gasteiger partial charge in [-0.2, -0.15) is 20.1 Å². The maximum absolute atomic E-state index is 5.39. The Balaban J connectivity index is 2.07. The van der Waals surface area contributed by atoms with Crippen LogP contribution in [0.25, 0.3) is 5.95 Å². The van der Waals surface area contributed by atoms with E-state index in [4.69, 9.17) is 5.84 Å². The molecule has 2 aromatic rings. The van der Waals surface area contributed by atoms with Crippen molar-refractivity contribution >= 4 is 11.9 Å². The highest BCUT2D eigenvalue weighted by Gasteiger charge is 2.08. The molecule has 21 heavy (non-hydrogen) atoms. The molecule has 9 nitrogen and oxygen atoms in total. The SMILES string of the molecule is CC(C)N(C)CCNc1nc(NN)nc(-n2cccn2)n1. The second-order valence-electron chi connectivity index (χ2n) is 4.88. The van der Waals surface area contributed by atoms with E-state index in [1.165, 1.54) is 0 Å². The number of anilines is 2. The van der Waals surface area contributed by atoms with Crippen LogP contribution in [0.4, 0.5) is 11.9 Å². The maximum atomic E-state index is 5.39. The van der Waals surface area contributed by atoms with E-state index < -0.39 is 0 Å². The highest BCUT2D eigenvalue weighted by Crippen LogP contribution is 2.07. The van der Waals surface area contributed by atoms with Gasteiger partial charge in [-0.15, -0.1) is 0 Å². The molecule has 0 spiro atoms. The number of rotatable bonds is 7. The van der Waals surface area contributed by atoms with Gasteiger partial charge in [0, 0.05) is 31.5 Å². The van der Waals surface area contributed by atoms with Crippen molar-refractivity contribution < 1.29 is 0 Å². The summed E-state index contributed by atoms with van der Waals surface area (Å²) >= 11 is 0. The van der Waals surface area contributed by atoms with Gasteiger partial charge in [0.05, 0.1) is 0 Å². The fourth-order valence-corrected chi connectivity index (χ4v) is 1.60. The number of hydrogen-bond donors (Lipinski definition) is 3. The first kappa shape index (κ1) is 15.1. The first-order chi connectivity index (χ1) is 10.1. The molecule has 0 aliphatic rings. The normalized spacial score (nSPS) is 11.1. The lowest BCUT2D eigenvalue weighted by atomic mass is 10.3. The van der Waals surface area contributed by atoms with Gasteiger partial charge in [-0.3, -0.25) is 5.43 Å². The van der Waals surface area contributed by atoms with Gasteiger partial charge in [-0.05, 0) is 27.0 Å². The van der Waals surface area contributed by atoms with Gasteiger partial charge in [0.25, 0.3) is 5.95 Å². The number of nitrogens with one attached hydrogen (secondary N) is 2. The molecule has 0 radical (unpaired) electrons. The molecule has 0 aliphatic heterocycles. The van der Waals surface area contributed by atoms with E-state index in [0.717, 1.165) is 13.1 Å². The van der Waals surface area contributed by atoms with Crippen LogP contribution in [0.5, 0.6) is 0 Å². The summed E-state index contributed by atoms with van der Waals surface area (Å²) in [5.41, 5.74) is 2.43. The van der Waals surface area contributed by atoms with E-state index in [-0.39, 0.29) is 5.95 Å². The van der Waals surface area contributed by atoms with Crippen LogP contribution in [0.2, 0.25) is 0 Å². The van der Waals surface area contributed by atoms with Gasteiger partial charge in [-0.1, -0.05) is 0 Å². The molecule has 2 heterocycles. The van der Waals surface area contributed by atoms with E-state index >= 15 is 0 Å². The van der Waals surface area contributed by atoms with Crippen LogP contribution >= 0.6 is 0 Å². The topological polar surface area (TPSA) is 110 Å². The van der Waals surface area contributed by atoms with E-state index in [0.29, 0.717) is 17.9 Å². The number of hydrogen-bond acceptors (Lipinski definition) is 8. The second kappa shape index (κ2) is 6.95. The lowest BCUT2D eigenvalue weighted by Gasteiger charge is -2.20. The van der Waals surface area contributed by atoms with Crippen molar-refractivity contribution in [2.75, 3.05) is 30.9 Å². The van der Waals surface area contributed by atoms with Gasteiger partial charge in [0.1, 0.15) is 0 Å². The lowest BCUT2D eigenvalue weighted by Crippen LogP contribution is -2.31. The summed E-state index contributed by atoms with van der Waals surface area (Å²) in [7, 11) is 2.07. The maximum Gasteiger partial charge on any atom is 0.257 e. The quantitative estimate of drug-likeness (QED) is 0.486. The summed E-state index contributed by atoms with van der Waals surface area (Å²) in [5.74, 6) is 6.54. The summed E-state index contributed by atoms with van der Waals surface area (Å²) in [6.07, 6.45) is 3.41. The van der Waals surface area contributed by atoms with Gasteiger partial charge >= 0.3 is 0 Å². The molecule has 9 heteroatoms. The average Bonchev–Trinajstić information content (AvgIpc) is 3.01. The third kappa shape index (κ3) is 4.10. The molecule has 0 saturated carbocycles. The van der Waals surface area contributed by atoms with Crippen LogP contribution in [0.1, 0.15) is 13.8 Å². The Labute approximate surface area is 123 Å². The molecular formula is C12H21N9. The molecule has 0 saturated heterocycles. The van der Waals surface area contributed by atoms with Crippen molar-refractivity contribution in [3.05, 3.63) is 18.5 Å². The molecule has 2 aromatic heterocycles. The smallest absolute Gasteiger partial charge is 0.257 e. The lowest BCUT2D eigenvalue weighted by molar-refractivity contribution is 0.284. The summed E-state index contributed by atoms with van der Waals surface area (Å²) in [6, 6.07) is 2.29. The Bertz CT molecular complexity index is 552. The molecule has 4 N–H and O–H groups in total. The monoisotopic (exact) mass is 291 g/mol. The van der Waals surface area contributed by atoms with Crippen molar-refractivity contribution in [1.29, 1.82) is 0 Å². The highest BCUT2D eigenvalue weighted by atomic mass is 15.4. The average molecular weight is 291 g/mol. The molecule has 2 rings (SSSR count). The largest absolute Gasteiger partial charge is 0.353 e. The van der Waals surface area contributed by atoms with E-state index in [2.05, 4.69) is 56.6 Å². The molecule has 0 unspecified atom stereocenters. The fourth-order valence-electron chi connectivity index (χ4n) is 1.60. The zero-order chi connectivity index (χ0) is 15.2. The summed E-state index contributed by atoms with van der Waals surface area (Å²) in [4.78, 5) is 14.9. The zero-order valence-corrected chi connectivity index (χ0v) is 12.5. The van der Waals surface area contributed by atoms with E-state index in [9.17, 15) is 0 Å². The van der Waals surface area contributed by atoms with Crippen molar-refractivity contribution in [2.24, 2.45) is 5.84 Å². The first-order valence-corrected chi connectivity index (χ1v) is 6.77. The minimum Gasteiger partial charge on any atom is -0.353 e. The van der Waals surface area contributed by atoms with E-state index in [1.807, 2.05) is 0 Å². The molecule has 0 fully saturated rings. The summed E-state index contributed by atoms with van der Waals surface area (Å²) in [6.45, 7) is 5.90. The second-order valence-corrected chi connectivity index (χ2v) is 4.88. The summed E-state index contributed by atoms with van der Waals surface area (Å²) < 4.78 is 1.55. The first-order valence-electron chi connectivity index (χ1n) is 6.77. The Morgan fingerprint density at radius 3 is 2.67 bits per heavy atom. The van der Waals surface area contributed by atoms with Crippen LogP contribution in [0, 0.1) is 0 Å². The molecule has 114 valence electrons. The Morgan fingerprint density at radius 1 is 1.29 bits per heavy atom. The van der Waals surface area contributed by atoms with Crippen LogP contribution < -0.4 is 16.6 Å². The number of nitrogen functional groups attached to an aromatic ring is 1. The predicted octanol–water partition coefficient (Wildman–Crippen LogP) is 0.0950. The van der Waals surface area contributed by atoms with Crippen molar-refractivity contribution in [2.45, 2.75) is 19.9 Å². The minimum atomic E-state index is 0.287. The third-order valence-electron chi connectivity index (χ3n) is 3.09. The minimum absolute atomic E-state index is 0.287. The highest BCUT2D eigenvalue weighted by molar-refractivity contribution is 5.36. The Kier molecular flexibility index (Phi) is 5.01. The fraction of sp³-hybridized carbons (Fsp3) is 0.500. The molecule has 0 bridgehead atoms. The van der Waals surface area contributed by atoms with E-state index in [1.54, 1.807) is 23.1 Å². The third-order valence-corrected chi connectivity index (χ3v) is 3.09. The molecule has 0 aromatic carbocycles. The molecule has 0 atom stereocenters. The van der Waals surface area contributed by atoms with Crippen LogP contribution in [0.15, 0.2) is 18.5 Å². The standard InChI is InChI=1S/C12H21N9/c1-9(2)20(3)8-6-14-10-16-11(19-13)18-12(17-10)21-7-4-5-15-21/h4-5,7,9H,6,8,13H2,1-3H3,(H2,14,16,17,18,19). The van der Waals surface area contributed by atoms with Gasteiger partial charge in [0.15, 0.2) is 0 Å². The number of aromatic nitrogens is 5. The van der Waals surface area contributed by atoms with Gasteiger partial charge < -0.3 is 10.2 Å². The van der Waals surface area contributed by atoms with Crippen LogP contribution in [-0.4, -0.2) is 55.8 Å². The Hall–Kier alpha value is -2.26. The molecular weight excluding hydrogens is 270 g/mol. The number of nitrogens with zero attached hydrogens (tertiary/aromatic N) is 6. The van der Waals surface area contributed by atoms with Gasteiger partial charge in [-0.25, -0.2) is 10.5 Å². The van der Waals surface area contributed by atoms with Crippen LogP contribution in [-0.2, 0) is 0 Å². The number of likely N-dealkylation sites (N-methyl/N-ethyl adjacent to an activating group) is 1. The van der Waals surface area contributed by atoms with Gasteiger partial charge in [0.2, 0.25) is 11.9 Å². The number of hydrazine groups is 1. The summed E-state index contributed by atoms with van der Waals surface area (Å²) in [5, 5.41) is 7.26. The molecule has 0 aliphatic carbocycles. The van der Waals surface area contributed by atoms with Crippen LogP contribution in [0.3, 0.4) is 0 Å².